The molecular weight excluding hydrogens is 356 g/mol. The van der Waals surface area contributed by atoms with Crippen molar-refractivity contribution >= 4 is 15.7 Å². The molecule has 4 rings (SSSR count). The number of amides is 1. The predicted molar refractivity (Wildman–Crippen MR) is 96.1 cm³/mol. The van der Waals surface area contributed by atoms with Gasteiger partial charge in [0.1, 0.15) is 9.84 Å². The third kappa shape index (κ3) is 3.81. The second-order valence-electron chi connectivity index (χ2n) is 7.16. The summed E-state index contributed by atoms with van der Waals surface area (Å²) in [4.78, 5) is 16.8. The number of hydrogen-bond acceptors (Lipinski definition) is 6. The quantitative estimate of drug-likeness (QED) is 0.768. The van der Waals surface area contributed by atoms with Crippen molar-refractivity contribution in [3.8, 4) is 11.5 Å². The zero-order chi connectivity index (χ0) is 18.1. The zero-order valence-corrected chi connectivity index (χ0v) is 15.5. The van der Waals surface area contributed by atoms with E-state index in [1.165, 1.54) is 0 Å². The highest BCUT2D eigenvalue weighted by Crippen LogP contribution is 2.32. The summed E-state index contributed by atoms with van der Waals surface area (Å²) in [5.74, 6) is 2.13. The molecule has 2 fully saturated rings. The lowest BCUT2D eigenvalue weighted by Gasteiger charge is -2.40. The number of carbonyl (C=O) groups excluding carboxylic acids is 1. The van der Waals surface area contributed by atoms with Crippen LogP contribution in [0.2, 0.25) is 0 Å². The number of piperazine rings is 1. The molecule has 1 aromatic rings. The van der Waals surface area contributed by atoms with Gasteiger partial charge in [0.05, 0.1) is 17.9 Å². The number of ether oxygens (including phenoxy) is 2. The topological polar surface area (TPSA) is 76.2 Å². The molecule has 1 aromatic carbocycles. The molecule has 142 valence electrons. The number of nitrogens with zero attached hydrogens (tertiary/aromatic N) is 2. The van der Waals surface area contributed by atoms with Crippen molar-refractivity contribution in [1.82, 2.24) is 9.80 Å². The average Bonchev–Trinajstić information content (AvgIpc) is 3.10. The van der Waals surface area contributed by atoms with Gasteiger partial charge in [0.25, 0.3) is 0 Å². The third-order valence-corrected chi connectivity index (χ3v) is 7.22. The molecule has 0 unspecified atom stereocenters. The van der Waals surface area contributed by atoms with Crippen molar-refractivity contribution in [2.75, 3.05) is 44.5 Å². The number of rotatable bonds is 3. The molecule has 0 spiro atoms. The van der Waals surface area contributed by atoms with Crippen molar-refractivity contribution < 1.29 is 22.7 Å². The van der Waals surface area contributed by atoms with E-state index in [1.54, 1.807) is 0 Å². The molecule has 0 aliphatic carbocycles. The van der Waals surface area contributed by atoms with E-state index in [0.717, 1.165) is 24.4 Å². The molecule has 0 atom stereocenters. The second kappa shape index (κ2) is 7.08. The van der Waals surface area contributed by atoms with Crippen molar-refractivity contribution in [2.24, 2.45) is 0 Å². The Morgan fingerprint density at radius 2 is 1.73 bits per heavy atom. The zero-order valence-electron chi connectivity index (χ0n) is 14.7. The number of fused-ring (bicyclic) bond motifs is 1. The lowest BCUT2D eigenvalue weighted by Crippen LogP contribution is -2.53. The van der Waals surface area contributed by atoms with Gasteiger partial charge < -0.3 is 14.4 Å². The Hall–Kier alpha value is -1.80. The molecule has 3 aliphatic heterocycles. The van der Waals surface area contributed by atoms with Gasteiger partial charge in [-0.1, -0.05) is 6.07 Å². The van der Waals surface area contributed by atoms with Gasteiger partial charge in [-0.05, 0) is 30.5 Å². The molecule has 1 amide bonds. The van der Waals surface area contributed by atoms with E-state index in [4.69, 9.17) is 9.47 Å². The van der Waals surface area contributed by atoms with Crippen LogP contribution >= 0.6 is 0 Å². The SMILES string of the molecule is O=C(Cc1ccc2c(c1)OCO2)N1CCN(C2CCS(=O)(=O)CC2)CC1. The van der Waals surface area contributed by atoms with Gasteiger partial charge in [-0.25, -0.2) is 8.42 Å². The Morgan fingerprint density at radius 3 is 2.46 bits per heavy atom. The Morgan fingerprint density at radius 1 is 1.04 bits per heavy atom. The Balaban J connectivity index is 1.28. The molecule has 0 saturated carbocycles. The average molecular weight is 380 g/mol. The van der Waals surface area contributed by atoms with E-state index in [2.05, 4.69) is 4.90 Å². The van der Waals surface area contributed by atoms with E-state index in [0.29, 0.717) is 55.6 Å². The van der Waals surface area contributed by atoms with Crippen LogP contribution in [0.25, 0.3) is 0 Å². The second-order valence-corrected chi connectivity index (χ2v) is 9.47. The fourth-order valence-electron chi connectivity index (χ4n) is 3.92. The highest BCUT2D eigenvalue weighted by molar-refractivity contribution is 7.91. The number of benzene rings is 1. The fourth-order valence-corrected chi connectivity index (χ4v) is 5.38. The monoisotopic (exact) mass is 380 g/mol. The van der Waals surface area contributed by atoms with E-state index in [-0.39, 0.29) is 12.7 Å². The fraction of sp³-hybridized carbons (Fsp3) is 0.611. The van der Waals surface area contributed by atoms with Gasteiger partial charge in [0.2, 0.25) is 12.7 Å². The van der Waals surface area contributed by atoms with Gasteiger partial charge in [0, 0.05) is 32.2 Å². The molecule has 0 bridgehead atoms. The number of sulfone groups is 1. The van der Waals surface area contributed by atoms with E-state index in [9.17, 15) is 13.2 Å². The summed E-state index contributed by atoms with van der Waals surface area (Å²) in [6, 6.07) is 5.97. The first kappa shape index (κ1) is 17.6. The lowest BCUT2D eigenvalue weighted by atomic mass is 10.1. The van der Waals surface area contributed by atoms with Crippen LogP contribution in [0.5, 0.6) is 11.5 Å². The van der Waals surface area contributed by atoms with Crippen LogP contribution in [0.4, 0.5) is 0 Å². The largest absolute Gasteiger partial charge is 0.454 e. The van der Waals surface area contributed by atoms with Crippen LogP contribution in [0.1, 0.15) is 18.4 Å². The normalized spacial score (nSPS) is 23.2. The molecule has 0 aromatic heterocycles. The maximum absolute atomic E-state index is 12.6. The molecule has 0 N–H and O–H groups in total. The molecule has 3 heterocycles. The summed E-state index contributed by atoms with van der Waals surface area (Å²) >= 11 is 0. The van der Waals surface area contributed by atoms with E-state index in [1.807, 2.05) is 23.1 Å². The maximum Gasteiger partial charge on any atom is 0.231 e. The van der Waals surface area contributed by atoms with Crippen LogP contribution in [0, 0.1) is 0 Å². The van der Waals surface area contributed by atoms with Gasteiger partial charge in [0.15, 0.2) is 11.5 Å². The van der Waals surface area contributed by atoms with Gasteiger partial charge in [-0.2, -0.15) is 0 Å². The highest BCUT2D eigenvalue weighted by atomic mass is 32.2. The highest BCUT2D eigenvalue weighted by Gasteiger charge is 2.31. The minimum Gasteiger partial charge on any atom is -0.454 e. The molecule has 7 nitrogen and oxygen atoms in total. The number of hydrogen-bond donors (Lipinski definition) is 0. The standard InChI is InChI=1S/C18H24N2O5S/c21-18(12-14-1-2-16-17(11-14)25-13-24-16)20-7-5-19(6-8-20)15-3-9-26(22,23)10-4-15/h1-2,11,15H,3-10,12-13H2. The number of carbonyl (C=O) groups is 1. The van der Waals surface area contributed by atoms with Gasteiger partial charge in [-0.15, -0.1) is 0 Å². The summed E-state index contributed by atoms with van der Waals surface area (Å²) in [5, 5.41) is 0. The third-order valence-electron chi connectivity index (χ3n) is 5.50. The minimum absolute atomic E-state index is 0.120. The van der Waals surface area contributed by atoms with Crippen LogP contribution in [-0.2, 0) is 21.1 Å². The van der Waals surface area contributed by atoms with Crippen LogP contribution < -0.4 is 9.47 Å². The molecule has 26 heavy (non-hydrogen) atoms. The van der Waals surface area contributed by atoms with Crippen LogP contribution in [-0.4, -0.2) is 74.6 Å². The predicted octanol–water partition coefficient (Wildman–Crippen LogP) is 0.679. The van der Waals surface area contributed by atoms with Crippen LogP contribution in [0.15, 0.2) is 18.2 Å². The first-order valence-electron chi connectivity index (χ1n) is 9.11. The van der Waals surface area contributed by atoms with Crippen molar-refractivity contribution in [3.05, 3.63) is 23.8 Å². The lowest BCUT2D eigenvalue weighted by molar-refractivity contribution is -0.132. The molecule has 3 aliphatic rings. The van der Waals surface area contributed by atoms with E-state index < -0.39 is 9.84 Å². The summed E-state index contributed by atoms with van der Waals surface area (Å²) in [6.45, 7) is 3.27. The minimum atomic E-state index is -2.83. The first-order chi connectivity index (χ1) is 12.5. The van der Waals surface area contributed by atoms with Crippen molar-refractivity contribution in [1.29, 1.82) is 0 Å². The van der Waals surface area contributed by atoms with Crippen molar-refractivity contribution in [3.63, 3.8) is 0 Å². The van der Waals surface area contributed by atoms with Crippen molar-refractivity contribution in [2.45, 2.75) is 25.3 Å². The summed E-state index contributed by atoms with van der Waals surface area (Å²) in [7, 11) is -2.83. The van der Waals surface area contributed by atoms with Gasteiger partial charge in [-0.3, -0.25) is 9.69 Å². The Labute approximate surface area is 153 Å². The van der Waals surface area contributed by atoms with Gasteiger partial charge >= 0.3 is 0 Å². The first-order valence-corrected chi connectivity index (χ1v) is 10.9. The smallest absolute Gasteiger partial charge is 0.231 e. The summed E-state index contributed by atoms with van der Waals surface area (Å²) in [5.41, 5.74) is 0.930. The Kier molecular flexibility index (Phi) is 4.79. The molecule has 0 radical (unpaired) electrons. The van der Waals surface area contributed by atoms with E-state index >= 15 is 0 Å². The molecular formula is C18H24N2O5S. The Bertz CT molecular complexity index is 773. The van der Waals surface area contributed by atoms with Crippen LogP contribution in [0.3, 0.4) is 0 Å². The molecule has 8 heteroatoms. The summed E-state index contributed by atoms with van der Waals surface area (Å²) < 4.78 is 33.8. The summed E-state index contributed by atoms with van der Waals surface area (Å²) in [6.07, 6.45) is 1.79. The molecule has 2 saturated heterocycles. The maximum atomic E-state index is 12.6.